The maximum Gasteiger partial charge on any atom is 0.471 e. The Labute approximate surface area is 177 Å². The van der Waals surface area contributed by atoms with Crippen LogP contribution in [0.25, 0.3) is 0 Å². The number of aryl methyl sites for hydroxylation is 1. The molecule has 4 amide bonds. The average molecular weight is 443 g/mol. The molecule has 2 atom stereocenters. The highest BCUT2D eigenvalue weighted by atomic mass is 19.4. The lowest BCUT2D eigenvalue weighted by atomic mass is 10.0. The molecule has 0 spiro atoms. The lowest BCUT2D eigenvalue weighted by molar-refractivity contribution is -0.175. The number of aliphatic carboxylic acids is 1. The highest BCUT2D eigenvalue weighted by Gasteiger charge is 2.49. The molecule has 31 heavy (non-hydrogen) atoms. The average Bonchev–Trinajstić information content (AvgIpc) is 3.02. The Morgan fingerprint density at radius 2 is 1.81 bits per heavy atom. The van der Waals surface area contributed by atoms with Crippen LogP contribution in [0.1, 0.15) is 25.8 Å². The normalized spacial score (nSPS) is 17.7. The van der Waals surface area contributed by atoms with E-state index in [1.54, 1.807) is 5.32 Å². The third-order valence-corrected chi connectivity index (χ3v) is 4.92. The van der Waals surface area contributed by atoms with E-state index in [0.29, 0.717) is 17.7 Å². The summed E-state index contributed by atoms with van der Waals surface area (Å²) in [6, 6.07) is 5.22. The second-order valence-electron chi connectivity index (χ2n) is 7.57. The molecule has 1 aliphatic heterocycles. The summed E-state index contributed by atoms with van der Waals surface area (Å²) in [6.45, 7) is 2.65. The molecule has 1 aromatic carbocycles. The number of amides is 4. The molecule has 8 nitrogen and oxygen atoms in total. The SMILES string of the molecule is CC(C)[C@H](NC(=O)C(F)(F)F)C(=O)N1C(=O)N(CCCc2ccccc2)C[C@H]1C(=O)O. The van der Waals surface area contributed by atoms with E-state index < -0.39 is 48.0 Å². The van der Waals surface area contributed by atoms with Crippen LogP contribution < -0.4 is 5.32 Å². The first kappa shape index (κ1) is 24.2. The van der Waals surface area contributed by atoms with Gasteiger partial charge in [0.05, 0.1) is 6.54 Å². The van der Waals surface area contributed by atoms with Gasteiger partial charge in [0.1, 0.15) is 6.04 Å². The smallest absolute Gasteiger partial charge is 0.471 e. The Morgan fingerprint density at radius 1 is 1.19 bits per heavy atom. The molecular weight excluding hydrogens is 419 g/mol. The lowest BCUT2D eigenvalue weighted by Gasteiger charge is -2.27. The second kappa shape index (κ2) is 9.80. The van der Waals surface area contributed by atoms with E-state index >= 15 is 0 Å². The monoisotopic (exact) mass is 443 g/mol. The predicted molar refractivity (Wildman–Crippen MR) is 103 cm³/mol. The van der Waals surface area contributed by atoms with Gasteiger partial charge in [-0.25, -0.2) is 14.5 Å². The molecule has 2 rings (SSSR count). The first-order valence-electron chi connectivity index (χ1n) is 9.70. The van der Waals surface area contributed by atoms with Crippen molar-refractivity contribution in [3.05, 3.63) is 35.9 Å². The number of carboxylic acid groups (broad SMARTS) is 1. The van der Waals surface area contributed by atoms with Gasteiger partial charge in [-0.3, -0.25) is 9.59 Å². The van der Waals surface area contributed by atoms with Crippen molar-refractivity contribution in [1.29, 1.82) is 0 Å². The zero-order valence-corrected chi connectivity index (χ0v) is 17.1. The molecule has 0 aromatic heterocycles. The van der Waals surface area contributed by atoms with E-state index in [1.165, 1.54) is 18.7 Å². The van der Waals surface area contributed by atoms with Crippen molar-refractivity contribution >= 4 is 23.8 Å². The van der Waals surface area contributed by atoms with Gasteiger partial charge >= 0.3 is 24.1 Å². The van der Waals surface area contributed by atoms with E-state index in [-0.39, 0.29) is 13.1 Å². The van der Waals surface area contributed by atoms with Gasteiger partial charge in [-0.1, -0.05) is 44.2 Å². The van der Waals surface area contributed by atoms with Crippen LogP contribution in [0.3, 0.4) is 0 Å². The largest absolute Gasteiger partial charge is 0.480 e. The van der Waals surface area contributed by atoms with Crippen LogP contribution in [0, 0.1) is 5.92 Å². The minimum absolute atomic E-state index is 0.169. The van der Waals surface area contributed by atoms with Gasteiger partial charge in [0.2, 0.25) is 0 Å². The van der Waals surface area contributed by atoms with Crippen LogP contribution >= 0.6 is 0 Å². The first-order chi connectivity index (χ1) is 14.4. The number of hydrogen-bond acceptors (Lipinski definition) is 4. The number of nitrogens with zero attached hydrogens (tertiary/aromatic N) is 2. The fourth-order valence-electron chi connectivity index (χ4n) is 3.28. The Kier molecular flexibility index (Phi) is 7.64. The zero-order valence-electron chi connectivity index (χ0n) is 17.1. The Bertz CT molecular complexity index is 829. The number of alkyl halides is 3. The highest BCUT2D eigenvalue weighted by Crippen LogP contribution is 2.22. The molecular formula is C20H24F3N3O5. The van der Waals surface area contributed by atoms with Crippen molar-refractivity contribution in [2.24, 2.45) is 5.92 Å². The van der Waals surface area contributed by atoms with Crippen molar-refractivity contribution in [1.82, 2.24) is 15.1 Å². The second-order valence-corrected chi connectivity index (χ2v) is 7.57. The van der Waals surface area contributed by atoms with E-state index in [4.69, 9.17) is 0 Å². The minimum atomic E-state index is -5.22. The summed E-state index contributed by atoms with van der Waals surface area (Å²) >= 11 is 0. The van der Waals surface area contributed by atoms with Gasteiger partial charge in [0, 0.05) is 6.54 Å². The molecule has 1 aromatic rings. The van der Waals surface area contributed by atoms with Crippen molar-refractivity contribution in [3.8, 4) is 0 Å². The Balaban J connectivity index is 2.13. The summed E-state index contributed by atoms with van der Waals surface area (Å²) < 4.78 is 37.9. The number of carbonyl (C=O) groups is 4. The van der Waals surface area contributed by atoms with Crippen molar-refractivity contribution in [2.45, 2.75) is 44.9 Å². The number of nitrogens with one attached hydrogen (secondary N) is 1. The number of halogens is 3. The topological polar surface area (TPSA) is 107 Å². The summed E-state index contributed by atoms with van der Waals surface area (Å²) in [5.74, 6) is -5.79. The van der Waals surface area contributed by atoms with Crippen LogP contribution in [-0.4, -0.2) is 70.1 Å². The first-order valence-corrected chi connectivity index (χ1v) is 9.70. The van der Waals surface area contributed by atoms with E-state index in [1.807, 2.05) is 30.3 Å². The summed E-state index contributed by atoms with van der Waals surface area (Å²) in [5.41, 5.74) is 1.02. The fourth-order valence-corrected chi connectivity index (χ4v) is 3.28. The zero-order chi connectivity index (χ0) is 23.3. The van der Waals surface area contributed by atoms with Gasteiger partial charge in [-0.15, -0.1) is 0 Å². The van der Waals surface area contributed by atoms with Gasteiger partial charge < -0.3 is 15.3 Å². The quantitative estimate of drug-likeness (QED) is 0.640. The highest BCUT2D eigenvalue weighted by molar-refractivity contribution is 6.04. The maximum absolute atomic E-state index is 12.8. The molecule has 1 saturated heterocycles. The number of carbonyl (C=O) groups excluding carboxylic acids is 3. The minimum Gasteiger partial charge on any atom is -0.480 e. The maximum atomic E-state index is 12.8. The molecule has 2 N–H and O–H groups in total. The van der Waals surface area contributed by atoms with Crippen LogP contribution in [0.5, 0.6) is 0 Å². The number of hydrogen-bond donors (Lipinski definition) is 2. The van der Waals surface area contributed by atoms with Crippen molar-refractivity contribution in [2.75, 3.05) is 13.1 Å². The number of rotatable bonds is 8. The number of urea groups is 1. The van der Waals surface area contributed by atoms with Crippen LogP contribution in [0.4, 0.5) is 18.0 Å². The van der Waals surface area contributed by atoms with E-state index in [2.05, 4.69) is 0 Å². The Morgan fingerprint density at radius 3 is 2.32 bits per heavy atom. The number of imide groups is 1. The third-order valence-electron chi connectivity index (χ3n) is 4.92. The molecule has 0 saturated carbocycles. The predicted octanol–water partition coefficient (Wildman–Crippen LogP) is 2.04. The van der Waals surface area contributed by atoms with E-state index in [0.717, 1.165) is 5.56 Å². The number of benzene rings is 1. The molecule has 0 bridgehead atoms. The van der Waals surface area contributed by atoms with Crippen molar-refractivity contribution < 1.29 is 37.5 Å². The van der Waals surface area contributed by atoms with Gasteiger partial charge in [-0.05, 0) is 24.3 Å². The van der Waals surface area contributed by atoms with Crippen LogP contribution in [0.2, 0.25) is 0 Å². The fraction of sp³-hybridized carbons (Fsp3) is 0.500. The Hall–Kier alpha value is -3.11. The summed E-state index contributed by atoms with van der Waals surface area (Å²) in [7, 11) is 0. The van der Waals surface area contributed by atoms with Crippen LogP contribution in [0.15, 0.2) is 30.3 Å². The molecule has 1 fully saturated rings. The van der Waals surface area contributed by atoms with E-state index in [9.17, 15) is 37.5 Å². The van der Waals surface area contributed by atoms with Gasteiger partial charge in [0.25, 0.3) is 5.91 Å². The number of carboxylic acids is 1. The molecule has 1 heterocycles. The summed E-state index contributed by atoms with van der Waals surface area (Å²) in [5, 5.41) is 11.0. The molecule has 11 heteroatoms. The summed E-state index contributed by atoms with van der Waals surface area (Å²) in [4.78, 5) is 50.2. The molecule has 0 unspecified atom stereocenters. The van der Waals surface area contributed by atoms with Crippen molar-refractivity contribution in [3.63, 3.8) is 0 Å². The molecule has 1 aliphatic rings. The molecule has 0 aliphatic carbocycles. The van der Waals surface area contributed by atoms with Crippen LogP contribution in [-0.2, 0) is 20.8 Å². The lowest BCUT2D eigenvalue weighted by Crippen LogP contribution is -2.57. The van der Waals surface area contributed by atoms with Gasteiger partial charge in [-0.2, -0.15) is 13.2 Å². The molecule has 170 valence electrons. The van der Waals surface area contributed by atoms with Gasteiger partial charge in [0.15, 0.2) is 6.04 Å². The molecule has 0 radical (unpaired) electrons. The standard InChI is InChI=1S/C20H24F3N3O5/c1-12(2)15(24-18(30)20(21,22)23)16(27)26-14(17(28)29)11-25(19(26)31)10-6-9-13-7-4-3-5-8-13/h3-5,7-8,12,14-15H,6,9-11H2,1-2H3,(H,24,30)(H,28,29)/t14-,15-/m0/s1. The third kappa shape index (κ3) is 5.96. The summed E-state index contributed by atoms with van der Waals surface area (Å²) in [6.07, 6.45) is -4.10.